The third kappa shape index (κ3) is 3.34. The smallest absolute Gasteiger partial charge is 0.270 e. The molecule has 0 aromatic heterocycles. The maximum Gasteiger partial charge on any atom is 0.270 e. The van der Waals surface area contributed by atoms with Crippen molar-refractivity contribution in [3.05, 3.63) is 38.3 Å². The number of amides is 1. The molecule has 1 fully saturated rings. The largest absolute Gasteiger partial charge is 0.391 e. The van der Waals surface area contributed by atoms with Crippen LogP contribution < -0.4 is 5.32 Å². The molecule has 6 nitrogen and oxygen atoms in total. The zero-order valence-corrected chi connectivity index (χ0v) is 12.3. The van der Waals surface area contributed by atoms with E-state index in [9.17, 15) is 20.0 Å². The predicted octanol–water partition coefficient (Wildman–Crippen LogP) is 2.39. The number of carbonyl (C=O) groups excluding carboxylic acids is 1. The van der Waals surface area contributed by atoms with Gasteiger partial charge in [0.25, 0.3) is 11.6 Å². The van der Waals surface area contributed by atoms with Gasteiger partial charge in [-0.1, -0.05) is 12.8 Å². The molecule has 2 atom stereocenters. The van der Waals surface area contributed by atoms with E-state index in [1.54, 1.807) is 0 Å². The molecule has 1 aromatic carbocycles. The van der Waals surface area contributed by atoms with Crippen molar-refractivity contribution in [1.82, 2.24) is 5.32 Å². The van der Waals surface area contributed by atoms with Gasteiger partial charge in [0, 0.05) is 16.6 Å². The summed E-state index contributed by atoms with van der Waals surface area (Å²) in [6.07, 6.45) is 2.85. The lowest BCUT2D eigenvalue weighted by molar-refractivity contribution is -0.384. The number of benzene rings is 1. The summed E-state index contributed by atoms with van der Waals surface area (Å²) in [5, 5.41) is 23.3. The van der Waals surface area contributed by atoms with E-state index in [1.807, 2.05) is 0 Å². The van der Waals surface area contributed by atoms with Crippen molar-refractivity contribution in [1.29, 1.82) is 0 Å². The Bertz CT molecular complexity index is 535. The van der Waals surface area contributed by atoms with Crippen LogP contribution in [-0.4, -0.2) is 28.1 Å². The number of halogens is 1. The van der Waals surface area contributed by atoms with Crippen LogP contribution in [0.5, 0.6) is 0 Å². The molecule has 1 aliphatic carbocycles. The molecule has 0 heterocycles. The Morgan fingerprint density at radius 2 is 2.10 bits per heavy atom. The van der Waals surface area contributed by atoms with Gasteiger partial charge in [0.05, 0.1) is 22.6 Å². The highest BCUT2D eigenvalue weighted by Gasteiger charge is 2.25. The lowest BCUT2D eigenvalue weighted by atomic mass is 9.92. The van der Waals surface area contributed by atoms with Crippen LogP contribution in [0.15, 0.2) is 22.7 Å². The topological polar surface area (TPSA) is 92.5 Å². The van der Waals surface area contributed by atoms with Gasteiger partial charge in [0.15, 0.2) is 0 Å². The van der Waals surface area contributed by atoms with Crippen LogP contribution in [0, 0.1) is 10.1 Å². The van der Waals surface area contributed by atoms with Gasteiger partial charge >= 0.3 is 0 Å². The van der Waals surface area contributed by atoms with E-state index < -0.39 is 11.0 Å². The molecule has 0 radical (unpaired) electrons. The van der Waals surface area contributed by atoms with Crippen LogP contribution in [0.1, 0.15) is 36.0 Å². The van der Waals surface area contributed by atoms with E-state index in [0.29, 0.717) is 16.5 Å². The van der Waals surface area contributed by atoms with E-state index in [1.165, 1.54) is 18.2 Å². The molecule has 0 saturated heterocycles. The summed E-state index contributed by atoms with van der Waals surface area (Å²) in [7, 11) is 0. The Morgan fingerprint density at radius 3 is 2.70 bits per heavy atom. The minimum Gasteiger partial charge on any atom is -0.391 e. The van der Waals surface area contributed by atoms with Crippen LogP contribution in [0.25, 0.3) is 0 Å². The monoisotopic (exact) mass is 342 g/mol. The Labute approximate surface area is 124 Å². The number of hydrogen-bond acceptors (Lipinski definition) is 4. The maximum absolute atomic E-state index is 12.1. The van der Waals surface area contributed by atoms with E-state index in [2.05, 4.69) is 21.2 Å². The van der Waals surface area contributed by atoms with Gasteiger partial charge in [0.2, 0.25) is 0 Å². The van der Waals surface area contributed by atoms with Crippen molar-refractivity contribution in [2.24, 2.45) is 0 Å². The highest BCUT2D eigenvalue weighted by molar-refractivity contribution is 9.10. The van der Waals surface area contributed by atoms with Crippen molar-refractivity contribution < 1.29 is 14.8 Å². The highest BCUT2D eigenvalue weighted by atomic mass is 79.9. The highest BCUT2D eigenvalue weighted by Crippen LogP contribution is 2.24. The molecule has 1 saturated carbocycles. The van der Waals surface area contributed by atoms with Crippen LogP contribution in [0.4, 0.5) is 5.69 Å². The Hall–Kier alpha value is -1.47. The quantitative estimate of drug-likeness (QED) is 0.651. The number of nitro groups is 1. The van der Waals surface area contributed by atoms with Crippen molar-refractivity contribution in [2.75, 3.05) is 0 Å². The molecule has 2 N–H and O–H groups in total. The minimum atomic E-state index is -0.524. The fraction of sp³-hybridized carbons (Fsp3) is 0.462. The molecule has 20 heavy (non-hydrogen) atoms. The normalized spacial score (nSPS) is 22.3. The zero-order valence-electron chi connectivity index (χ0n) is 10.7. The molecule has 0 spiro atoms. The van der Waals surface area contributed by atoms with Crippen molar-refractivity contribution >= 4 is 27.5 Å². The number of nitro benzene ring substituents is 1. The van der Waals surface area contributed by atoms with Crippen LogP contribution in [0.3, 0.4) is 0 Å². The second-order valence-electron chi connectivity index (χ2n) is 4.85. The van der Waals surface area contributed by atoms with Crippen LogP contribution in [-0.2, 0) is 0 Å². The van der Waals surface area contributed by atoms with Gasteiger partial charge in [-0.2, -0.15) is 0 Å². The van der Waals surface area contributed by atoms with Gasteiger partial charge in [-0.05, 0) is 34.8 Å². The lowest BCUT2D eigenvalue weighted by Gasteiger charge is -2.28. The van der Waals surface area contributed by atoms with Gasteiger partial charge in [0.1, 0.15) is 0 Å². The number of hydrogen-bond donors (Lipinski definition) is 2. The molecular weight excluding hydrogens is 328 g/mol. The summed E-state index contributed by atoms with van der Waals surface area (Å²) in [5.74, 6) is -0.335. The van der Waals surface area contributed by atoms with Crippen LogP contribution >= 0.6 is 15.9 Å². The molecule has 1 aliphatic rings. The number of nitrogens with one attached hydrogen (secondary N) is 1. The number of aliphatic hydroxyl groups excluding tert-OH is 1. The Balaban J connectivity index is 2.11. The van der Waals surface area contributed by atoms with Gasteiger partial charge in [-0.25, -0.2) is 0 Å². The first-order chi connectivity index (χ1) is 9.49. The molecule has 1 amide bonds. The maximum atomic E-state index is 12.1. The molecule has 7 heteroatoms. The molecular formula is C13H15BrN2O4. The fourth-order valence-electron chi connectivity index (χ4n) is 2.33. The second-order valence-corrected chi connectivity index (χ2v) is 5.71. The molecule has 0 bridgehead atoms. The third-order valence-electron chi connectivity index (χ3n) is 3.45. The Morgan fingerprint density at radius 1 is 1.40 bits per heavy atom. The first kappa shape index (κ1) is 14.9. The summed E-state index contributed by atoms with van der Waals surface area (Å²) in [4.78, 5) is 22.3. The first-order valence-corrected chi connectivity index (χ1v) is 7.21. The lowest BCUT2D eigenvalue weighted by Crippen LogP contribution is -2.45. The average Bonchev–Trinajstić information content (AvgIpc) is 2.41. The summed E-state index contributed by atoms with van der Waals surface area (Å²) in [6.45, 7) is 0. The first-order valence-electron chi connectivity index (χ1n) is 6.42. The van der Waals surface area contributed by atoms with Crippen molar-refractivity contribution in [3.8, 4) is 0 Å². The number of rotatable bonds is 3. The van der Waals surface area contributed by atoms with E-state index >= 15 is 0 Å². The number of non-ortho nitro benzene ring substituents is 1. The van der Waals surface area contributed by atoms with Gasteiger partial charge in [-0.15, -0.1) is 0 Å². The summed E-state index contributed by atoms with van der Waals surface area (Å²) in [6, 6.07) is 3.74. The number of carbonyl (C=O) groups is 1. The molecule has 2 unspecified atom stereocenters. The van der Waals surface area contributed by atoms with Crippen molar-refractivity contribution in [2.45, 2.75) is 37.8 Å². The number of nitrogens with zero attached hydrogens (tertiary/aromatic N) is 1. The fourth-order valence-corrected chi connectivity index (χ4v) is 2.87. The predicted molar refractivity (Wildman–Crippen MR) is 76.5 cm³/mol. The van der Waals surface area contributed by atoms with Gasteiger partial charge < -0.3 is 10.4 Å². The van der Waals surface area contributed by atoms with E-state index in [4.69, 9.17) is 0 Å². The summed E-state index contributed by atoms with van der Waals surface area (Å²) >= 11 is 3.17. The van der Waals surface area contributed by atoms with Crippen molar-refractivity contribution in [3.63, 3.8) is 0 Å². The second kappa shape index (κ2) is 6.32. The third-order valence-corrected chi connectivity index (χ3v) is 4.11. The average molecular weight is 343 g/mol. The SMILES string of the molecule is O=C(NC1CCCCC1O)c1ccc([N+](=O)[O-])cc1Br. The van der Waals surface area contributed by atoms with Gasteiger partial charge in [-0.3, -0.25) is 14.9 Å². The molecule has 0 aliphatic heterocycles. The zero-order chi connectivity index (χ0) is 14.7. The minimum absolute atomic E-state index is 0.0777. The van der Waals surface area contributed by atoms with E-state index in [0.717, 1.165) is 19.3 Å². The molecule has 2 rings (SSSR count). The van der Waals surface area contributed by atoms with E-state index in [-0.39, 0.29) is 17.6 Å². The summed E-state index contributed by atoms with van der Waals surface area (Å²) < 4.78 is 0.370. The molecule has 1 aromatic rings. The van der Waals surface area contributed by atoms with Crippen LogP contribution in [0.2, 0.25) is 0 Å². The standard InChI is InChI=1S/C13H15BrN2O4/c14-10-7-8(16(19)20)5-6-9(10)13(18)15-11-3-1-2-4-12(11)17/h5-7,11-12,17H,1-4H2,(H,15,18). The molecule has 108 valence electrons. The number of aliphatic hydroxyl groups is 1. The summed E-state index contributed by atoms with van der Waals surface area (Å²) in [5.41, 5.74) is 0.250. The Kier molecular flexibility index (Phi) is 4.72.